The van der Waals surface area contributed by atoms with E-state index in [-0.39, 0.29) is 6.10 Å². The maximum atomic E-state index is 10.3. The minimum absolute atomic E-state index is 0.0382. The van der Waals surface area contributed by atoms with Crippen LogP contribution >= 0.6 is 0 Å². The third-order valence-corrected chi connectivity index (χ3v) is 10.7. The molecule has 1 N–H and O–H groups in total. The molecule has 0 heterocycles. The van der Waals surface area contributed by atoms with Gasteiger partial charge in [0.25, 0.3) is 0 Å². The van der Waals surface area contributed by atoms with Gasteiger partial charge in [0.15, 0.2) is 0 Å². The van der Waals surface area contributed by atoms with Gasteiger partial charge in [0.1, 0.15) is 0 Å². The smallest absolute Gasteiger partial charge is 0.0543 e. The molecular formula is C29H48O. The van der Waals surface area contributed by atoms with Gasteiger partial charge in [-0.25, -0.2) is 0 Å². The fraction of sp³-hybridized carbons (Fsp3) is 0.862. The van der Waals surface area contributed by atoms with Crippen molar-refractivity contribution in [2.45, 2.75) is 118 Å². The molecule has 4 rings (SSSR count). The topological polar surface area (TPSA) is 20.2 Å². The zero-order valence-corrected chi connectivity index (χ0v) is 20.8. The standard InChI is InChI=1S/C29H48O/c1-7-21(19(2)3)9-8-20(4)25-12-13-26-24-11-10-22-18-23(30)14-16-28(22,5)27(24)15-17-29(25,26)6/h7,19-20,22-23,25-26,30H,8-18H2,1-6H3/t20-,22+,23+,25-,26+,28+,29-/m1/s1. The van der Waals surface area contributed by atoms with E-state index in [9.17, 15) is 5.11 Å². The van der Waals surface area contributed by atoms with E-state index < -0.39 is 0 Å². The second-order valence-corrected chi connectivity index (χ2v) is 12.4. The Kier molecular flexibility index (Phi) is 6.35. The molecule has 1 heteroatoms. The van der Waals surface area contributed by atoms with Crippen LogP contribution in [0.1, 0.15) is 112 Å². The lowest BCUT2D eigenvalue weighted by atomic mass is 9.50. The number of fused-ring (bicyclic) bond motifs is 4. The van der Waals surface area contributed by atoms with Gasteiger partial charge in [-0.2, -0.15) is 0 Å². The number of allylic oxidation sites excluding steroid dienone is 4. The Hall–Kier alpha value is -0.560. The van der Waals surface area contributed by atoms with E-state index in [0.717, 1.165) is 36.5 Å². The van der Waals surface area contributed by atoms with Crippen molar-refractivity contribution in [1.29, 1.82) is 0 Å². The summed E-state index contributed by atoms with van der Waals surface area (Å²) in [5.41, 5.74) is 6.36. The summed E-state index contributed by atoms with van der Waals surface area (Å²) in [6.07, 6.45) is 16.6. The zero-order chi connectivity index (χ0) is 21.7. The fourth-order valence-electron chi connectivity index (χ4n) is 8.78. The van der Waals surface area contributed by atoms with E-state index in [2.05, 4.69) is 47.6 Å². The predicted molar refractivity (Wildman–Crippen MR) is 128 cm³/mol. The summed E-state index contributed by atoms with van der Waals surface area (Å²) >= 11 is 0. The van der Waals surface area contributed by atoms with Crippen molar-refractivity contribution in [2.75, 3.05) is 0 Å². The van der Waals surface area contributed by atoms with Crippen LogP contribution in [-0.2, 0) is 0 Å². The molecule has 2 fully saturated rings. The van der Waals surface area contributed by atoms with Crippen LogP contribution < -0.4 is 0 Å². The highest BCUT2D eigenvalue weighted by molar-refractivity contribution is 5.34. The highest BCUT2D eigenvalue weighted by atomic mass is 16.3. The van der Waals surface area contributed by atoms with Gasteiger partial charge in [-0.05, 0) is 118 Å². The van der Waals surface area contributed by atoms with E-state index >= 15 is 0 Å². The zero-order valence-electron chi connectivity index (χ0n) is 20.8. The Morgan fingerprint density at radius 3 is 2.53 bits per heavy atom. The monoisotopic (exact) mass is 412 g/mol. The third kappa shape index (κ3) is 3.66. The van der Waals surface area contributed by atoms with Crippen LogP contribution in [-0.4, -0.2) is 11.2 Å². The summed E-state index contributed by atoms with van der Waals surface area (Å²) in [7, 11) is 0. The van der Waals surface area contributed by atoms with E-state index in [4.69, 9.17) is 0 Å². The highest BCUT2D eigenvalue weighted by Gasteiger charge is 2.55. The first-order valence-corrected chi connectivity index (χ1v) is 13.3. The first kappa shape index (κ1) is 22.6. The molecule has 30 heavy (non-hydrogen) atoms. The SMILES string of the molecule is CC=C(CC[C@@H](C)[C@H]1CC[C@H]2C3=C(CC[C@]12C)[C@@]1(C)CC[C@H](O)C[C@@H]1CC3)C(C)C. The molecule has 0 aromatic carbocycles. The van der Waals surface area contributed by atoms with Gasteiger partial charge in [0.2, 0.25) is 0 Å². The molecule has 170 valence electrons. The molecule has 0 aromatic heterocycles. The summed E-state index contributed by atoms with van der Waals surface area (Å²) in [5, 5.41) is 10.3. The van der Waals surface area contributed by atoms with Gasteiger partial charge in [0.05, 0.1) is 6.10 Å². The lowest BCUT2D eigenvalue weighted by Crippen LogP contribution is -2.45. The molecule has 7 atom stereocenters. The molecule has 0 saturated heterocycles. The van der Waals surface area contributed by atoms with Gasteiger partial charge in [-0.1, -0.05) is 57.4 Å². The van der Waals surface area contributed by atoms with E-state index in [1.807, 2.05) is 11.1 Å². The van der Waals surface area contributed by atoms with Crippen molar-refractivity contribution < 1.29 is 5.11 Å². The largest absolute Gasteiger partial charge is 0.393 e. The Labute approximate surface area is 186 Å². The second kappa shape index (κ2) is 8.42. The van der Waals surface area contributed by atoms with Gasteiger partial charge in [-0.3, -0.25) is 0 Å². The van der Waals surface area contributed by atoms with E-state index in [1.54, 1.807) is 5.57 Å². The van der Waals surface area contributed by atoms with Crippen LogP contribution in [0.5, 0.6) is 0 Å². The van der Waals surface area contributed by atoms with Crippen LogP contribution in [0.3, 0.4) is 0 Å². The summed E-state index contributed by atoms with van der Waals surface area (Å²) < 4.78 is 0. The lowest BCUT2D eigenvalue weighted by molar-refractivity contribution is 0.0133. The average molecular weight is 413 g/mol. The quantitative estimate of drug-likeness (QED) is 0.452. The third-order valence-electron chi connectivity index (χ3n) is 10.7. The maximum absolute atomic E-state index is 10.3. The van der Waals surface area contributed by atoms with Crippen molar-refractivity contribution in [1.82, 2.24) is 0 Å². The Morgan fingerprint density at radius 2 is 1.83 bits per heavy atom. The summed E-state index contributed by atoms with van der Waals surface area (Å²) in [5.74, 6) is 4.02. The molecular weight excluding hydrogens is 364 g/mol. The minimum Gasteiger partial charge on any atom is -0.393 e. The Bertz CT molecular complexity index is 699. The summed E-state index contributed by atoms with van der Waals surface area (Å²) in [6.45, 7) is 14.7. The molecule has 0 spiro atoms. The van der Waals surface area contributed by atoms with Crippen molar-refractivity contribution in [3.8, 4) is 0 Å². The number of hydrogen-bond acceptors (Lipinski definition) is 1. The molecule has 0 bridgehead atoms. The molecule has 2 saturated carbocycles. The van der Waals surface area contributed by atoms with E-state index in [0.29, 0.717) is 16.7 Å². The van der Waals surface area contributed by atoms with Crippen LogP contribution in [0, 0.1) is 40.4 Å². The van der Waals surface area contributed by atoms with Crippen molar-refractivity contribution in [2.24, 2.45) is 40.4 Å². The number of aliphatic hydroxyl groups is 1. The van der Waals surface area contributed by atoms with Crippen molar-refractivity contribution >= 4 is 0 Å². The highest BCUT2D eigenvalue weighted by Crippen LogP contribution is 2.66. The van der Waals surface area contributed by atoms with Gasteiger partial charge in [-0.15, -0.1) is 0 Å². The number of aliphatic hydroxyl groups excluding tert-OH is 1. The first-order chi connectivity index (χ1) is 14.2. The van der Waals surface area contributed by atoms with Gasteiger partial charge >= 0.3 is 0 Å². The number of rotatable bonds is 5. The molecule has 4 aliphatic carbocycles. The average Bonchev–Trinajstić information content (AvgIpc) is 3.06. The van der Waals surface area contributed by atoms with E-state index in [1.165, 1.54) is 57.8 Å². The van der Waals surface area contributed by atoms with Crippen molar-refractivity contribution in [3.05, 3.63) is 22.8 Å². The van der Waals surface area contributed by atoms with Crippen LogP contribution in [0.25, 0.3) is 0 Å². The Morgan fingerprint density at radius 1 is 1.07 bits per heavy atom. The molecule has 0 aromatic rings. The van der Waals surface area contributed by atoms with Gasteiger partial charge in [0, 0.05) is 0 Å². The maximum Gasteiger partial charge on any atom is 0.0543 e. The first-order valence-electron chi connectivity index (χ1n) is 13.3. The minimum atomic E-state index is -0.0382. The van der Waals surface area contributed by atoms with Crippen LogP contribution in [0.15, 0.2) is 22.8 Å². The second-order valence-electron chi connectivity index (χ2n) is 12.4. The van der Waals surface area contributed by atoms with Gasteiger partial charge < -0.3 is 5.11 Å². The molecule has 0 aliphatic heterocycles. The lowest BCUT2D eigenvalue weighted by Gasteiger charge is -2.55. The molecule has 1 nitrogen and oxygen atoms in total. The molecule has 4 aliphatic rings. The molecule has 0 radical (unpaired) electrons. The fourth-order valence-corrected chi connectivity index (χ4v) is 8.78. The molecule has 0 unspecified atom stereocenters. The van der Waals surface area contributed by atoms with Crippen molar-refractivity contribution in [3.63, 3.8) is 0 Å². The van der Waals surface area contributed by atoms with Crippen LogP contribution in [0.4, 0.5) is 0 Å². The predicted octanol–water partition coefficient (Wildman–Crippen LogP) is 8.09. The number of hydrogen-bond donors (Lipinski definition) is 1. The molecule has 0 amide bonds. The van der Waals surface area contributed by atoms with Crippen LogP contribution in [0.2, 0.25) is 0 Å². The Balaban J connectivity index is 1.52. The normalized spacial score (nSPS) is 42.7. The summed E-state index contributed by atoms with van der Waals surface area (Å²) in [4.78, 5) is 0. The summed E-state index contributed by atoms with van der Waals surface area (Å²) in [6, 6.07) is 0.